The minimum absolute atomic E-state index is 0.00149. The van der Waals surface area contributed by atoms with Crippen molar-refractivity contribution in [2.24, 2.45) is 0 Å². The maximum absolute atomic E-state index is 13.9. The molecule has 0 unspecified atom stereocenters. The molecule has 0 aromatic heterocycles. The Labute approximate surface area is 235 Å². The van der Waals surface area contributed by atoms with Gasteiger partial charge in [0.05, 0.1) is 17.7 Å². The van der Waals surface area contributed by atoms with E-state index in [0.717, 1.165) is 16.3 Å². The Morgan fingerprint density at radius 1 is 1.00 bits per heavy atom. The van der Waals surface area contributed by atoms with E-state index in [4.69, 9.17) is 16.3 Å². The highest BCUT2D eigenvalue weighted by atomic mass is 35.5. The van der Waals surface area contributed by atoms with E-state index in [1.54, 1.807) is 69.5 Å². The number of ether oxygens (including phenoxy) is 1. The molecule has 0 heterocycles. The van der Waals surface area contributed by atoms with Gasteiger partial charge in [-0.15, -0.1) is 0 Å². The summed E-state index contributed by atoms with van der Waals surface area (Å²) in [4.78, 5) is 28.2. The van der Waals surface area contributed by atoms with Gasteiger partial charge in [-0.05, 0) is 73.9 Å². The van der Waals surface area contributed by atoms with E-state index in [-0.39, 0.29) is 17.3 Å². The van der Waals surface area contributed by atoms with Crippen LogP contribution in [0.25, 0.3) is 0 Å². The van der Waals surface area contributed by atoms with Gasteiger partial charge in [-0.25, -0.2) is 8.42 Å². The number of benzene rings is 3. The molecule has 1 atom stereocenters. The molecule has 0 aliphatic rings. The number of hydrogen-bond donors (Lipinski definition) is 1. The molecular formula is C29H34ClN3O5S. The van der Waals surface area contributed by atoms with Crippen LogP contribution in [0.2, 0.25) is 5.02 Å². The smallest absolute Gasteiger partial charge is 0.264 e. The Morgan fingerprint density at radius 3 is 2.23 bits per heavy atom. The number of rotatable bonds is 12. The molecule has 10 heteroatoms. The van der Waals surface area contributed by atoms with Crippen molar-refractivity contribution in [2.75, 3.05) is 24.5 Å². The van der Waals surface area contributed by atoms with Crippen LogP contribution in [0.1, 0.15) is 31.4 Å². The monoisotopic (exact) mass is 571 g/mol. The van der Waals surface area contributed by atoms with Gasteiger partial charge in [-0.1, -0.05) is 48.9 Å². The van der Waals surface area contributed by atoms with Crippen LogP contribution in [-0.2, 0) is 26.2 Å². The van der Waals surface area contributed by atoms with Crippen LogP contribution in [0, 0.1) is 6.92 Å². The SMILES string of the molecule is CCCNC(=O)[C@H](C)N(Cc1ccc(OC)cc1)C(=O)CN(c1ccccc1C)S(=O)(=O)c1ccc(Cl)cc1. The van der Waals surface area contributed by atoms with E-state index in [1.807, 2.05) is 6.92 Å². The number of nitrogens with zero attached hydrogens (tertiary/aromatic N) is 2. The van der Waals surface area contributed by atoms with E-state index >= 15 is 0 Å². The zero-order valence-corrected chi connectivity index (χ0v) is 24.1. The van der Waals surface area contributed by atoms with Crippen LogP contribution in [0.5, 0.6) is 5.75 Å². The summed E-state index contributed by atoms with van der Waals surface area (Å²) in [5.74, 6) is -0.183. The molecule has 0 fully saturated rings. The van der Waals surface area contributed by atoms with Crippen LogP contribution >= 0.6 is 11.6 Å². The third-order valence-corrected chi connectivity index (χ3v) is 8.32. The van der Waals surface area contributed by atoms with Crippen LogP contribution in [0.15, 0.2) is 77.7 Å². The lowest BCUT2D eigenvalue weighted by Crippen LogP contribution is -2.51. The number of sulfonamides is 1. The molecule has 39 heavy (non-hydrogen) atoms. The summed E-state index contributed by atoms with van der Waals surface area (Å²) in [6, 6.07) is 19.0. The summed E-state index contributed by atoms with van der Waals surface area (Å²) in [6.07, 6.45) is 0.741. The summed E-state index contributed by atoms with van der Waals surface area (Å²) < 4.78 is 34.0. The van der Waals surface area contributed by atoms with Crippen molar-refractivity contribution in [3.05, 3.63) is 88.9 Å². The van der Waals surface area contributed by atoms with Crippen molar-refractivity contribution in [3.8, 4) is 5.75 Å². The summed E-state index contributed by atoms with van der Waals surface area (Å²) in [7, 11) is -2.59. The van der Waals surface area contributed by atoms with Gasteiger partial charge in [0.15, 0.2) is 0 Å². The van der Waals surface area contributed by atoms with Gasteiger partial charge in [0.25, 0.3) is 10.0 Å². The molecule has 0 bridgehead atoms. The lowest BCUT2D eigenvalue weighted by atomic mass is 10.1. The quantitative estimate of drug-likeness (QED) is 0.337. The highest BCUT2D eigenvalue weighted by Gasteiger charge is 2.33. The first-order valence-electron chi connectivity index (χ1n) is 12.6. The first-order chi connectivity index (χ1) is 18.6. The first-order valence-corrected chi connectivity index (χ1v) is 14.4. The highest BCUT2D eigenvalue weighted by Crippen LogP contribution is 2.28. The zero-order valence-electron chi connectivity index (χ0n) is 22.6. The Bertz CT molecular complexity index is 1380. The van der Waals surface area contributed by atoms with Crippen molar-refractivity contribution < 1.29 is 22.7 Å². The summed E-state index contributed by atoms with van der Waals surface area (Å²) >= 11 is 5.99. The predicted octanol–water partition coefficient (Wildman–Crippen LogP) is 4.80. The summed E-state index contributed by atoms with van der Waals surface area (Å²) in [5.41, 5.74) is 1.81. The first kappa shape index (κ1) is 30.0. The fourth-order valence-electron chi connectivity index (χ4n) is 4.00. The third-order valence-electron chi connectivity index (χ3n) is 6.29. The number of methoxy groups -OCH3 is 1. The van der Waals surface area contributed by atoms with Crippen LogP contribution in [-0.4, -0.2) is 51.4 Å². The van der Waals surface area contributed by atoms with Crippen molar-refractivity contribution in [1.29, 1.82) is 0 Å². The van der Waals surface area contributed by atoms with E-state index < -0.39 is 28.5 Å². The molecule has 0 radical (unpaired) electrons. The number of carbonyl (C=O) groups excluding carboxylic acids is 2. The number of nitrogens with one attached hydrogen (secondary N) is 1. The molecule has 0 aliphatic heterocycles. The fraction of sp³-hybridized carbons (Fsp3) is 0.310. The molecule has 0 saturated heterocycles. The maximum atomic E-state index is 13.9. The molecule has 0 aliphatic carbocycles. The minimum atomic E-state index is -4.15. The van der Waals surface area contributed by atoms with Crippen molar-refractivity contribution in [3.63, 3.8) is 0 Å². The number of carbonyl (C=O) groups is 2. The average molecular weight is 572 g/mol. The third kappa shape index (κ3) is 7.52. The number of aryl methyl sites for hydroxylation is 1. The lowest BCUT2D eigenvalue weighted by Gasteiger charge is -2.32. The number of anilines is 1. The predicted molar refractivity (Wildman–Crippen MR) is 153 cm³/mol. The fourth-order valence-corrected chi connectivity index (χ4v) is 5.60. The summed E-state index contributed by atoms with van der Waals surface area (Å²) in [5, 5.41) is 3.22. The maximum Gasteiger partial charge on any atom is 0.264 e. The minimum Gasteiger partial charge on any atom is -0.497 e. The Morgan fingerprint density at radius 2 is 1.64 bits per heavy atom. The summed E-state index contributed by atoms with van der Waals surface area (Å²) in [6.45, 7) is 5.42. The standard InChI is InChI=1S/C29H34ClN3O5S/c1-5-18-31-29(35)22(3)32(19-23-10-14-25(38-4)15-11-23)28(34)20-33(27-9-7-6-8-21(27)2)39(36,37)26-16-12-24(30)13-17-26/h6-17,22H,5,18-20H2,1-4H3,(H,31,35)/t22-/m0/s1. The second-order valence-electron chi connectivity index (χ2n) is 9.09. The average Bonchev–Trinajstić information content (AvgIpc) is 2.93. The van der Waals surface area contributed by atoms with Gasteiger partial charge in [-0.2, -0.15) is 0 Å². The second-order valence-corrected chi connectivity index (χ2v) is 11.4. The number of para-hydroxylation sites is 1. The van der Waals surface area contributed by atoms with Gasteiger partial charge in [0.2, 0.25) is 11.8 Å². The molecule has 8 nitrogen and oxygen atoms in total. The van der Waals surface area contributed by atoms with Crippen molar-refractivity contribution in [2.45, 2.75) is 44.7 Å². The number of halogens is 1. The molecule has 3 aromatic rings. The normalized spacial score (nSPS) is 11.9. The van der Waals surface area contributed by atoms with Gasteiger partial charge in [0, 0.05) is 18.1 Å². The molecule has 0 spiro atoms. The van der Waals surface area contributed by atoms with Crippen molar-refractivity contribution in [1.82, 2.24) is 10.2 Å². The van der Waals surface area contributed by atoms with Gasteiger partial charge < -0.3 is 15.0 Å². The Balaban J connectivity index is 2.02. The largest absolute Gasteiger partial charge is 0.497 e. The van der Waals surface area contributed by atoms with Gasteiger partial charge in [0.1, 0.15) is 18.3 Å². The molecular weight excluding hydrogens is 538 g/mol. The van der Waals surface area contributed by atoms with E-state index in [2.05, 4.69) is 5.32 Å². The van der Waals surface area contributed by atoms with E-state index in [9.17, 15) is 18.0 Å². The van der Waals surface area contributed by atoms with Crippen LogP contribution in [0.4, 0.5) is 5.69 Å². The highest BCUT2D eigenvalue weighted by molar-refractivity contribution is 7.92. The Kier molecular flexibility index (Phi) is 10.4. The molecule has 2 amide bonds. The molecule has 208 valence electrons. The van der Waals surface area contributed by atoms with Gasteiger partial charge >= 0.3 is 0 Å². The molecule has 1 N–H and O–H groups in total. The molecule has 0 saturated carbocycles. The van der Waals surface area contributed by atoms with Gasteiger partial charge in [-0.3, -0.25) is 13.9 Å². The van der Waals surface area contributed by atoms with Crippen molar-refractivity contribution >= 4 is 39.1 Å². The molecule has 3 aromatic carbocycles. The lowest BCUT2D eigenvalue weighted by molar-refractivity contribution is -0.139. The van der Waals surface area contributed by atoms with E-state index in [0.29, 0.717) is 28.6 Å². The number of amides is 2. The molecule has 3 rings (SSSR count). The van der Waals surface area contributed by atoms with E-state index in [1.165, 1.54) is 29.2 Å². The van der Waals surface area contributed by atoms with Crippen LogP contribution < -0.4 is 14.4 Å². The topological polar surface area (TPSA) is 96.0 Å². The Hall–Kier alpha value is -3.56. The second kappa shape index (κ2) is 13.5. The van der Waals surface area contributed by atoms with Crippen LogP contribution in [0.3, 0.4) is 0 Å². The zero-order chi connectivity index (χ0) is 28.6. The number of hydrogen-bond acceptors (Lipinski definition) is 5.